The number of rotatable bonds is 3. The van der Waals surface area contributed by atoms with Crippen LogP contribution in [0.1, 0.15) is 0 Å². The van der Waals surface area contributed by atoms with Crippen LogP contribution in [0.15, 0.2) is 59.6 Å². The SMILES string of the molecule is O=C1NC(=S)N(c2ccccc2)C(=O)[C@H]1C=Nc1ccc(I)cc1. The molecule has 7 heteroatoms. The molecule has 1 atom stereocenters. The zero-order valence-corrected chi connectivity index (χ0v) is 15.3. The van der Waals surface area contributed by atoms with E-state index in [1.807, 2.05) is 30.3 Å². The molecule has 1 heterocycles. The number of aliphatic imine (C=N–C) groups is 1. The third-order valence-electron chi connectivity index (χ3n) is 3.42. The molecule has 0 spiro atoms. The maximum atomic E-state index is 12.7. The Balaban J connectivity index is 1.87. The number of benzene rings is 2. The molecule has 0 saturated carbocycles. The van der Waals surface area contributed by atoms with Crippen molar-refractivity contribution in [3.8, 4) is 0 Å². The summed E-state index contributed by atoms with van der Waals surface area (Å²) in [5.74, 6) is -1.90. The third-order valence-corrected chi connectivity index (χ3v) is 4.42. The highest BCUT2D eigenvalue weighted by atomic mass is 127. The number of hydrogen-bond acceptors (Lipinski definition) is 4. The molecule has 0 aromatic heterocycles. The summed E-state index contributed by atoms with van der Waals surface area (Å²) in [4.78, 5) is 30.4. The molecule has 24 heavy (non-hydrogen) atoms. The number of hydrogen-bond donors (Lipinski definition) is 1. The summed E-state index contributed by atoms with van der Waals surface area (Å²) in [6.45, 7) is 0. The number of thiocarbonyl (C=S) groups is 1. The average Bonchev–Trinajstić information content (AvgIpc) is 2.57. The average molecular weight is 449 g/mol. The van der Waals surface area contributed by atoms with Gasteiger partial charge in [-0.15, -0.1) is 0 Å². The Morgan fingerprint density at radius 1 is 1.08 bits per heavy atom. The van der Waals surface area contributed by atoms with E-state index in [9.17, 15) is 9.59 Å². The highest BCUT2D eigenvalue weighted by molar-refractivity contribution is 14.1. The summed E-state index contributed by atoms with van der Waals surface area (Å²) in [6, 6.07) is 16.4. The lowest BCUT2D eigenvalue weighted by Crippen LogP contribution is -2.58. The van der Waals surface area contributed by atoms with E-state index in [2.05, 4.69) is 32.9 Å². The molecule has 2 aromatic rings. The molecular weight excluding hydrogens is 437 g/mol. The van der Waals surface area contributed by atoms with Crippen LogP contribution < -0.4 is 10.2 Å². The first-order valence-electron chi connectivity index (χ1n) is 7.10. The first kappa shape index (κ1) is 16.7. The van der Waals surface area contributed by atoms with E-state index in [1.54, 1.807) is 24.3 Å². The van der Waals surface area contributed by atoms with Crippen LogP contribution in [-0.2, 0) is 9.59 Å². The molecule has 5 nitrogen and oxygen atoms in total. The Labute approximate surface area is 157 Å². The van der Waals surface area contributed by atoms with E-state index in [0.717, 1.165) is 3.57 Å². The highest BCUT2D eigenvalue weighted by Crippen LogP contribution is 2.21. The van der Waals surface area contributed by atoms with Crippen LogP contribution >= 0.6 is 34.8 Å². The summed E-state index contributed by atoms with van der Waals surface area (Å²) in [7, 11) is 0. The van der Waals surface area contributed by atoms with E-state index >= 15 is 0 Å². The Morgan fingerprint density at radius 3 is 2.42 bits per heavy atom. The molecule has 1 aliphatic heterocycles. The van der Waals surface area contributed by atoms with Crippen molar-refractivity contribution in [1.29, 1.82) is 0 Å². The first-order chi connectivity index (χ1) is 11.6. The minimum absolute atomic E-state index is 0.0788. The number of amides is 2. The number of nitrogens with one attached hydrogen (secondary N) is 1. The van der Waals surface area contributed by atoms with Gasteiger partial charge in [-0.05, 0) is 71.2 Å². The van der Waals surface area contributed by atoms with Crippen molar-refractivity contribution in [1.82, 2.24) is 5.32 Å². The zero-order chi connectivity index (χ0) is 17.1. The normalized spacial score (nSPS) is 18.1. The molecule has 120 valence electrons. The second-order valence-corrected chi connectivity index (χ2v) is 6.67. The molecule has 2 amide bonds. The van der Waals surface area contributed by atoms with Gasteiger partial charge >= 0.3 is 0 Å². The fourth-order valence-electron chi connectivity index (χ4n) is 2.23. The number of para-hydroxylation sites is 1. The van der Waals surface area contributed by atoms with Gasteiger partial charge in [-0.25, -0.2) is 0 Å². The second-order valence-electron chi connectivity index (χ2n) is 5.04. The quantitative estimate of drug-likeness (QED) is 0.339. The summed E-state index contributed by atoms with van der Waals surface area (Å²) in [5.41, 5.74) is 1.29. The van der Waals surface area contributed by atoms with Gasteiger partial charge in [0.05, 0.1) is 11.4 Å². The van der Waals surface area contributed by atoms with Crippen LogP contribution in [0.3, 0.4) is 0 Å². The lowest BCUT2D eigenvalue weighted by molar-refractivity contribution is -0.130. The van der Waals surface area contributed by atoms with Crippen molar-refractivity contribution in [3.05, 3.63) is 58.2 Å². The van der Waals surface area contributed by atoms with E-state index in [0.29, 0.717) is 11.4 Å². The number of anilines is 1. The van der Waals surface area contributed by atoms with E-state index in [4.69, 9.17) is 12.2 Å². The fourth-order valence-corrected chi connectivity index (χ4v) is 2.89. The summed E-state index contributed by atoms with van der Waals surface area (Å²) in [5, 5.41) is 2.64. The van der Waals surface area contributed by atoms with Gasteiger partial charge in [0.25, 0.3) is 5.91 Å². The minimum Gasteiger partial charge on any atom is -0.301 e. The van der Waals surface area contributed by atoms with Crippen molar-refractivity contribution in [2.75, 3.05) is 4.90 Å². The van der Waals surface area contributed by atoms with Crippen LogP contribution in [0.5, 0.6) is 0 Å². The van der Waals surface area contributed by atoms with Crippen LogP contribution in [0.2, 0.25) is 0 Å². The predicted octanol–water partition coefficient (Wildman–Crippen LogP) is 3.06. The number of nitrogens with zero attached hydrogens (tertiary/aromatic N) is 2. The van der Waals surface area contributed by atoms with E-state index in [-0.39, 0.29) is 5.11 Å². The molecular formula is C17H12IN3O2S. The zero-order valence-electron chi connectivity index (χ0n) is 12.3. The van der Waals surface area contributed by atoms with Crippen molar-refractivity contribution in [2.45, 2.75) is 0 Å². The smallest absolute Gasteiger partial charge is 0.251 e. The molecule has 1 N–H and O–H groups in total. The molecule has 0 aliphatic carbocycles. The Morgan fingerprint density at radius 2 is 1.75 bits per heavy atom. The number of carbonyl (C=O) groups excluding carboxylic acids is 2. The molecule has 3 rings (SSSR count). The molecule has 1 aliphatic rings. The Bertz CT molecular complexity index is 821. The van der Waals surface area contributed by atoms with Gasteiger partial charge in [0.15, 0.2) is 11.0 Å². The molecule has 2 aromatic carbocycles. The van der Waals surface area contributed by atoms with Crippen molar-refractivity contribution >= 4 is 69.3 Å². The van der Waals surface area contributed by atoms with Gasteiger partial charge in [-0.1, -0.05) is 18.2 Å². The second kappa shape index (κ2) is 7.18. The number of halogens is 1. The van der Waals surface area contributed by atoms with E-state index in [1.165, 1.54) is 11.1 Å². The molecule has 1 fully saturated rings. The molecule has 0 radical (unpaired) electrons. The summed E-state index contributed by atoms with van der Waals surface area (Å²) < 4.78 is 1.08. The first-order valence-corrected chi connectivity index (χ1v) is 8.58. The van der Waals surface area contributed by atoms with Crippen molar-refractivity contribution in [3.63, 3.8) is 0 Å². The molecule has 1 saturated heterocycles. The highest BCUT2D eigenvalue weighted by Gasteiger charge is 2.38. The summed E-state index contributed by atoms with van der Waals surface area (Å²) in [6.07, 6.45) is 1.36. The van der Waals surface area contributed by atoms with Crippen LogP contribution in [-0.4, -0.2) is 23.1 Å². The van der Waals surface area contributed by atoms with Gasteiger partial charge in [0, 0.05) is 9.78 Å². The van der Waals surface area contributed by atoms with Crippen LogP contribution in [0, 0.1) is 9.49 Å². The lowest BCUT2D eigenvalue weighted by atomic mass is 10.1. The van der Waals surface area contributed by atoms with Gasteiger partial charge in [-0.2, -0.15) is 0 Å². The topological polar surface area (TPSA) is 61.8 Å². The maximum absolute atomic E-state index is 12.7. The summed E-state index contributed by atoms with van der Waals surface area (Å²) >= 11 is 7.33. The van der Waals surface area contributed by atoms with Gasteiger partial charge in [-0.3, -0.25) is 19.5 Å². The Hall–Kier alpha value is -2.13. The van der Waals surface area contributed by atoms with Crippen LogP contribution in [0.25, 0.3) is 0 Å². The molecule has 0 unspecified atom stereocenters. The third kappa shape index (κ3) is 3.51. The fraction of sp³-hybridized carbons (Fsp3) is 0.0588. The minimum atomic E-state index is -1.02. The van der Waals surface area contributed by atoms with E-state index < -0.39 is 17.7 Å². The van der Waals surface area contributed by atoms with Crippen LogP contribution in [0.4, 0.5) is 11.4 Å². The number of carbonyl (C=O) groups is 2. The van der Waals surface area contributed by atoms with Gasteiger partial charge in [0.2, 0.25) is 5.91 Å². The standard InChI is InChI=1S/C17H12IN3O2S/c18-11-6-8-12(9-7-11)19-10-14-15(22)20-17(24)21(16(14)23)13-4-2-1-3-5-13/h1-10,14H,(H,20,22,24)/t14-/m0/s1. The van der Waals surface area contributed by atoms with Crippen molar-refractivity contribution < 1.29 is 9.59 Å². The lowest BCUT2D eigenvalue weighted by Gasteiger charge is -2.30. The Kier molecular flexibility index (Phi) is 5.00. The maximum Gasteiger partial charge on any atom is 0.251 e. The monoisotopic (exact) mass is 449 g/mol. The van der Waals surface area contributed by atoms with Crippen molar-refractivity contribution in [2.24, 2.45) is 10.9 Å². The van der Waals surface area contributed by atoms with Gasteiger partial charge < -0.3 is 5.32 Å². The van der Waals surface area contributed by atoms with Gasteiger partial charge in [0.1, 0.15) is 0 Å². The largest absolute Gasteiger partial charge is 0.301 e. The predicted molar refractivity (Wildman–Crippen MR) is 105 cm³/mol. The molecule has 0 bridgehead atoms.